The zero-order chi connectivity index (χ0) is 19.0. The van der Waals surface area contributed by atoms with Gasteiger partial charge in [0.25, 0.3) is 0 Å². The molecule has 0 aliphatic heterocycles. The maximum atomic E-state index is 13.3. The Kier molecular flexibility index (Phi) is 4.08. The van der Waals surface area contributed by atoms with Gasteiger partial charge in [-0.05, 0) is 48.0 Å². The van der Waals surface area contributed by atoms with Crippen LogP contribution in [0.2, 0.25) is 0 Å². The Hall–Kier alpha value is -3.67. The number of pyridine rings is 1. The molecule has 6 heteroatoms. The lowest BCUT2D eigenvalue weighted by molar-refractivity contribution is -0.114. The predicted octanol–water partition coefficient (Wildman–Crippen LogP) is 4.35. The number of nitrogens with zero attached hydrogens (tertiary/aromatic N) is 2. The minimum Gasteiger partial charge on any atom is -0.399 e. The van der Waals surface area contributed by atoms with Crippen molar-refractivity contribution in [3.63, 3.8) is 0 Å². The normalized spacial score (nSPS) is 10.9. The van der Waals surface area contributed by atoms with E-state index < -0.39 is 0 Å². The molecule has 2 aromatic carbocycles. The number of hydrogen-bond donors (Lipinski definition) is 2. The van der Waals surface area contributed by atoms with Crippen LogP contribution in [0.25, 0.3) is 28.0 Å². The molecule has 2 heterocycles. The number of anilines is 2. The molecule has 4 aromatic rings. The first-order valence-corrected chi connectivity index (χ1v) is 8.42. The van der Waals surface area contributed by atoms with Crippen molar-refractivity contribution in [1.82, 2.24) is 9.38 Å². The van der Waals surface area contributed by atoms with Gasteiger partial charge in [-0.3, -0.25) is 9.20 Å². The lowest BCUT2D eigenvalue weighted by Gasteiger charge is -2.11. The average Bonchev–Trinajstić information content (AvgIpc) is 3.07. The number of carbonyl (C=O) groups is 1. The van der Waals surface area contributed by atoms with Gasteiger partial charge in [-0.1, -0.05) is 12.1 Å². The molecule has 27 heavy (non-hydrogen) atoms. The molecule has 0 aliphatic rings. The summed E-state index contributed by atoms with van der Waals surface area (Å²) >= 11 is 0. The molecule has 0 fully saturated rings. The van der Waals surface area contributed by atoms with Crippen molar-refractivity contribution in [2.75, 3.05) is 11.1 Å². The van der Waals surface area contributed by atoms with Crippen LogP contribution in [0.5, 0.6) is 0 Å². The number of benzene rings is 2. The Bertz CT molecular complexity index is 1130. The van der Waals surface area contributed by atoms with E-state index in [2.05, 4.69) is 10.3 Å². The summed E-state index contributed by atoms with van der Waals surface area (Å²) < 4.78 is 15.2. The molecule has 2 aromatic heterocycles. The van der Waals surface area contributed by atoms with E-state index in [-0.39, 0.29) is 11.7 Å². The van der Waals surface area contributed by atoms with Gasteiger partial charge in [-0.2, -0.15) is 0 Å². The van der Waals surface area contributed by atoms with Crippen molar-refractivity contribution in [1.29, 1.82) is 0 Å². The van der Waals surface area contributed by atoms with Crippen LogP contribution in [-0.4, -0.2) is 15.3 Å². The summed E-state index contributed by atoms with van der Waals surface area (Å²) in [6, 6.07) is 15.6. The third kappa shape index (κ3) is 3.25. The summed E-state index contributed by atoms with van der Waals surface area (Å²) in [7, 11) is 0. The topological polar surface area (TPSA) is 72.4 Å². The van der Waals surface area contributed by atoms with Crippen LogP contribution < -0.4 is 11.1 Å². The van der Waals surface area contributed by atoms with Crippen molar-refractivity contribution in [2.24, 2.45) is 0 Å². The van der Waals surface area contributed by atoms with Gasteiger partial charge < -0.3 is 11.1 Å². The summed E-state index contributed by atoms with van der Waals surface area (Å²) in [6.45, 7) is 1.45. The number of rotatable bonds is 3. The largest absolute Gasteiger partial charge is 0.399 e. The first kappa shape index (κ1) is 16.8. The zero-order valence-electron chi connectivity index (χ0n) is 14.6. The molecule has 0 spiro atoms. The van der Waals surface area contributed by atoms with Crippen molar-refractivity contribution >= 4 is 22.9 Å². The molecule has 0 aliphatic carbocycles. The molecule has 4 rings (SSSR count). The number of fused-ring (bicyclic) bond motifs is 1. The number of hydrogen-bond acceptors (Lipinski definition) is 3. The molecule has 3 N–H and O–H groups in total. The predicted molar refractivity (Wildman–Crippen MR) is 105 cm³/mol. The molecular weight excluding hydrogens is 343 g/mol. The van der Waals surface area contributed by atoms with E-state index in [1.54, 1.807) is 18.3 Å². The SMILES string of the molecule is CC(=O)Nc1cc(-c2ccc(N)cc2)cn2c(-c3ccc(F)cc3)cnc12. The van der Waals surface area contributed by atoms with E-state index in [1.165, 1.54) is 19.1 Å². The molecule has 1 amide bonds. The summed E-state index contributed by atoms with van der Waals surface area (Å²) in [4.78, 5) is 16.1. The van der Waals surface area contributed by atoms with Crippen LogP contribution in [0.15, 0.2) is 67.0 Å². The second kappa shape index (κ2) is 6.57. The fraction of sp³-hybridized carbons (Fsp3) is 0.0476. The minimum absolute atomic E-state index is 0.183. The molecule has 134 valence electrons. The number of nitrogens with two attached hydrogens (primary N) is 1. The fourth-order valence-corrected chi connectivity index (χ4v) is 3.04. The molecular formula is C21H17FN4O. The van der Waals surface area contributed by atoms with E-state index in [0.717, 1.165) is 22.4 Å². The Morgan fingerprint density at radius 1 is 1.04 bits per heavy atom. The summed E-state index contributed by atoms with van der Waals surface area (Å²) in [5.41, 5.74) is 11.2. The Labute approximate surface area is 155 Å². The van der Waals surface area contributed by atoms with E-state index >= 15 is 0 Å². The number of nitrogens with one attached hydrogen (secondary N) is 1. The number of imidazole rings is 1. The van der Waals surface area contributed by atoms with E-state index in [0.29, 0.717) is 17.0 Å². The molecule has 0 atom stereocenters. The lowest BCUT2D eigenvalue weighted by atomic mass is 10.1. The Morgan fingerprint density at radius 2 is 1.70 bits per heavy atom. The summed E-state index contributed by atoms with van der Waals surface area (Å²) in [5, 5.41) is 2.84. The van der Waals surface area contributed by atoms with Gasteiger partial charge in [0.05, 0.1) is 17.6 Å². The van der Waals surface area contributed by atoms with Crippen LogP contribution in [0.3, 0.4) is 0 Å². The number of aromatic nitrogens is 2. The maximum Gasteiger partial charge on any atom is 0.221 e. The van der Waals surface area contributed by atoms with E-state index in [9.17, 15) is 9.18 Å². The number of nitrogen functional groups attached to an aromatic ring is 1. The number of amides is 1. The average molecular weight is 360 g/mol. The van der Waals surface area contributed by atoms with Crippen molar-refractivity contribution in [3.8, 4) is 22.4 Å². The number of halogens is 1. The standard InChI is InChI=1S/C21H17FN4O/c1-13(27)25-19-10-16(14-4-8-18(23)9-5-14)12-26-20(11-24-21(19)26)15-2-6-17(22)7-3-15/h2-12H,23H2,1H3,(H,25,27). The highest BCUT2D eigenvalue weighted by Gasteiger charge is 2.13. The van der Waals surface area contributed by atoms with Gasteiger partial charge in [-0.25, -0.2) is 9.37 Å². The van der Waals surface area contributed by atoms with Crippen LogP contribution in [0.1, 0.15) is 6.92 Å². The second-order valence-electron chi connectivity index (χ2n) is 6.29. The monoisotopic (exact) mass is 360 g/mol. The van der Waals surface area contributed by atoms with Crippen LogP contribution >= 0.6 is 0 Å². The van der Waals surface area contributed by atoms with Crippen LogP contribution in [0, 0.1) is 5.82 Å². The molecule has 0 unspecified atom stereocenters. The maximum absolute atomic E-state index is 13.3. The lowest BCUT2D eigenvalue weighted by Crippen LogP contribution is -2.08. The Balaban J connectivity index is 1.94. The highest BCUT2D eigenvalue weighted by molar-refractivity contribution is 5.94. The third-order valence-corrected chi connectivity index (χ3v) is 4.30. The van der Waals surface area contributed by atoms with Crippen molar-refractivity contribution < 1.29 is 9.18 Å². The van der Waals surface area contributed by atoms with Gasteiger partial charge in [0.1, 0.15) is 5.82 Å². The highest BCUT2D eigenvalue weighted by Crippen LogP contribution is 2.30. The molecule has 5 nitrogen and oxygen atoms in total. The summed E-state index contributed by atoms with van der Waals surface area (Å²) in [6.07, 6.45) is 3.65. The fourth-order valence-electron chi connectivity index (χ4n) is 3.04. The first-order valence-electron chi connectivity index (χ1n) is 8.42. The van der Waals surface area contributed by atoms with Gasteiger partial charge >= 0.3 is 0 Å². The second-order valence-corrected chi connectivity index (χ2v) is 6.29. The zero-order valence-corrected chi connectivity index (χ0v) is 14.6. The number of carbonyl (C=O) groups excluding carboxylic acids is 1. The first-order chi connectivity index (χ1) is 13.0. The Morgan fingerprint density at radius 3 is 2.37 bits per heavy atom. The van der Waals surface area contributed by atoms with Gasteiger partial charge in [0, 0.05) is 29.9 Å². The third-order valence-electron chi connectivity index (χ3n) is 4.30. The van der Waals surface area contributed by atoms with Gasteiger partial charge in [0.15, 0.2) is 5.65 Å². The van der Waals surface area contributed by atoms with Crippen LogP contribution in [0.4, 0.5) is 15.8 Å². The quantitative estimate of drug-likeness (QED) is 0.534. The van der Waals surface area contributed by atoms with E-state index in [4.69, 9.17) is 5.73 Å². The van der Waals surface area contributed by atoms with Crippen molar-refractivity contribution in [2.45, 2.75) is 6.92 Å². The molecule has 0 bridgehead atoms. The van der Waals surface area contributed by atoms with Crippen LogP contribution in [-0.2, 0) is 4.79 Å². The molecule has 0 saturated carbocycles. The smallest absolute Gasteiger partial charge is 0.221 e. The highest BCUT2D eigenvalue weighted by atomic mass is 19.1. The van der Waals surface area contributed by atoms with Crippen molar-refractivity contribution in [3.05, 3.63) is 72.8 Å². The van der Waals surface area contributed by atoms with Gasteiger partial charge in [0.2, 0.25) is 5.91 Å². The summed E-state index contributed by atoms with van der Waals surface area (Å²) in [5.74, 6) is -0.480. The minimum atomic E-state index is -0.297. The molecule has 0 saturated heterocycles. The van der Waals surface area contributed by atoms with E-state index in [1.807, 2.05) is 40.9 Å². The van der Waals surface area contributed by atoms with Gasteiger partial charge in [-0.15, -0.1) is 0 Å². The molecule has 0 radical (unpaired) electrons.